The van der Waals surface area contributed by atoms with E-state index in [-0.39, 0.29) is 35.9 Å². The molecule has 50 heavy (non-hydrogen) atoms. The maximum atomic E-state index is 14.8. The van der Waals surface area contributed by atoms with Crippen LogP contribution in [0.1, 0.15) is 29.5 Å². The van der Waals surface area contributed by atoms with Gasteiger partial charge in [-0.15, -0.1) is 0 Å². The van der Waals surface area contributed by atoms with Gasteiger partial charge in [0.15, 0.2) is 5.96 Å². The lowest BCUT2D eigenvalue weighted by Gasteiger charge is -2.48. The summed E-state index contributed by atoms with van der Waals surface area (Å²) in [6.45, 7) is 1.37. The quantitative estimate of drug-likeness (QED) is 0.105. The number of carbonyl (C=O) groups is 2. The van der Waals surface area contributed by atoms with Crippen molar-refractivity contribution >= 4 is 39.3 Å². The first-order valence-corrected chi connectivity index (χ1v) is 17.6. The first-order chi connectivity index (χ1) is 24.2. The molecule has 4 N–H and O–H groups in total. The molecule has 0 saturated carbocycles. The van der Waals surface area contributed by atoms with Crippen molar-refractivity contribution in [2.75, 3.05) is 33.7 Å². The highest BCUT2D eigenvalue weighted by molar-refractivity contribution is 5.87. The van der Waals surface area contributed by atoms with Gasteiger partial charge in [-0.25, -0.2) is 0 Å². The maximum absolute atomic E-state index is 14.8. The van der Waals surface area contributed by atoms with E-state index < -0.39 is 0 Å². The Hall–Kier alpha value is -5.21. The minimum absolute atomic E-state index is 0.0553. The molecule has 0 aromatic heterocycles. The summed E-state index contributed by atoms with van der Waals surface area (Å²) >= 11 is 0. The van der Waals surface area contributed by atoms with E-state index in [1.54, 1.807) is 0 Å². The van der Waals surface area contributed by atoms with Crippen molar-refractivity contribution in [3.05, 3.63) is 132 Å². The van der Waals surface area contributed by atoms with E-state index in [4.69, 9.17) is 11.5 Å². The Bertz CT molecular complexity index is 1950. The second-order valence-corrected chi connectivity index (χ2v) is 13.7. The van der Waals surface area contributed by atoms with E-state index in [9.17, 15) is 9.59 Å². The first kappa shape index (κ1) is 34.6. The molecule has 6 rings (SSSR count). The summed E-state index contributed by atoms with van der Waals surface area (Å²) in [7, 11) is 3.95. The molecule has 1 aliphatic rings. The van der Waals surface area contributed by atoms with Gasteiger partial charge in [-0.2, -0.15) is 0 Å². The SMILES string of the molecule is CN(C)C(Cc1ccc2ccccc2c1)C(=O)N1CC(Cc2ccccc2)N(C(=O)Cc2ccc3ccccc3c2)CC1CCCN=C(N)N. The lowest BCUT2D eigenvalue weighted by Crippen LogP contribution is -2.64. The van der Waals surface area contributed by atoms with Gasteiger partial charge in [-0.05, 0) is 78.0 Å². The van der Waals surface area contributed by atoms with Crippen LogP contribution in [0.4, 0.5) is 0 Å². The van der Waals surface area contributed by atoms with Gasteiger partial charge < -0.3 is 21.3 Å². The highest BCUT2D eigenvalue weighted by Crippen LogP contribution is 2.27. The van der Waals surface area contributed by atoms with Crippen LogP contribution in [0.15, 0.2) is 120 Å². The normalized spacial score (nSPS) is 16.9. The summed E-state index contributed by atoms with van der Waals surface area (Å²) in [5.74, 6) is 0.206. The van der Waals surface area contributed by atoms with Crippen LogP contribution in [0.3, 0.4) is 0 Å². The highest BCUT2D eigenvalue weighted by Gasteiger charge is 2.40. The lowest BCUT2D eigenvalue weighted by atomic mass is 9.94. The van der Waals surface area contributed by atoms with Crippen LogP contribution >= 0.6 is 0 Å². The fraction of sp³-hybridized carbons (Fsp3) is 0.310. The van der Waals surface area contributed by atoms with Crippen LogP contribution in [-0.4, -0.2) is 84.3 Å². The molecule has 0 radical (unpaired) electrons. The Morgan fingerprint density at radius 3 is 1.94 bits per heavy atom. The van der Waals surface area contributed by atoms with Crippen molar-refractivity contribution in [1.82, 2.24) is 14.7 Å². The van der Waals surface area contributed by atoms with Crippen molar-refractivity contribution in [2.45, 2.75) is 50.2 Å². The van der Waals surface area contributed by atoms with Crippen LogP contribution in [-0.2, 0) is 28.9 Å². The largest absolute Gasteiger partial charge is 0.370 e. The fourth-order valence-electron chi connectivity index (χ4n) is 7.26. The molecule has 2 amide bonds. The molecule has 3 unspecified atom stereocenters. The molecule has 0 aliphatic carbocycles. The summed E-state index contributed by atoms with van der Waals surface area (Å²) in [5, 5.41) is 4.61. The molecule has 1 aliphatic heterocycles. The van der Waals surface area contributed by atoms with E-state index in [0.29, 0.717) is 51.7 Å². The number of rotatable bonds is 12. The number of guanidine groups is 1. The monoisotopic (exact) mass is 668 g/mol. The van der Waals surface area contributed by atoms with Crippen LogP contribution in [0.25, 0.3) is 21.5 Å². The molecule has 5 aromatic rings. The molecule has 1 heterocycles. The lowest BCUT2D eigenvalue weighted by molar-refractivity contribution is -0.149. The van der Waals surface area contributed by atoms with Gasteiger partial charge in [-0.3, -0.25) is 19.5 Å². The Balaban J connectivity index is 1.29. The molecule has 0 spiro atoms. The molecule has 5 aromatic carbocycles. The van der Waals surface area contributed by atoms with Crippen LogP contribution in [0.5, 0.6) is 0 Å². The van der Waals surface area contributed by atoms with Gasteiger partial charge in [0.25, 0.3) is 0 Å². The third-order valence-corrected chi connectivity index (χ3v) is 9.92. The number of amides is 2. The highest BCUT2D eigenvalue weighted by atomic mass is 16.2. The van der Waals surface area contributed by atoms with Crippen molar-refractivity contribution in [1.29, 1.82) is 0 Å². The summed E-state index contributed by atoms with van der Waals surface area (Å²) in [5.41, 5.74) is 14.5. The summed E-state index contributed by atoms with van der Waals surface area (Å²) in [6, 6.07) is 38.7. The molecule has 1 saturated heterocycles. The number of nitrogens with zero attached hydrogens (tertiary/aromatic N) is 4. The molecular weight excluding hydrogens is 621 g/mol. The Morgan fingerprint density at radius 2 is 1.30 bits per heavy atom. The molecular formula is C42H48N6O2. The van der Waals surface area contributed by atoms with Crippen LogP contribution in [0, 0.1) is 0 Å². The third-order valence-electron chi connectivity index (χ3n) is 9.92. The summed E-state index contributed by atoms with van der Waals surface area (Å²) in [6.07, 6.45) is 2.91. The van der Waals surface area contributed by atoms with Crippen molar-refractivity contribution in [3.8, 4) is 0 Å². The number of piperazine rings is 1. The number of carbonyl (C=O) groups excluding carboxylic acids is 2. The molecule has 8 heteroatoms. The van der Waals surface area contributed by atoms with Gasteiger partial charge in [0, 0.05) is 25.7 Å². The van der Waals surface area contributed by atoms with Crippen molar-refractivity contribution < 1.29 is 9.59 Å². The van der Waals surface area contributed by atoms with E-state index in [1.165, 1.54) is 5.39 Å². The zero-order valence-electron chi connectivity index (χ0n) is 29.1. The number of hydrogen-bond donors (Lipinski definition) is 2. The second-order valence-electron chi connectivity index (χ2n) is 13.7. The molecule has 3 atom stereocenters. The van der Waals surface area contributed by atoms with Crippen molar-refractivity contribution in [3.63, 3.8) is 0 Å². The summed E-state index contributed by atoms with van der Waals surface area (Å²) in [4.78, 5) is 39.4. The van der Waals surface area contributed by atoms with Crippen LogP contribution < -0.4 is 11.5 Å². The Labute approximate surface area is 295 Å². The van der Waals surface area contributed by atoms with Gasteiger partial charge in [-0.1, -0.05) is 115 Å². The standard InChI is InChI=1S/C42H48N6O2/c1-46(2)39(26-31-18-20-33-13-6-8-15-35(33)23-31)41(50)48-29-38(25-30-11-4-3-5-12-30)47(28-37(48)17-10-22-45-42(43)44)40(49)27-32-19-21-34-14-7-9-16-36(34)24-32/h3-9,11-16,18-21,23-24,37-39H,10,17,22,25-29H2,1-2H3,(H4,43,44,45). The number of hydrogen-bond acceptors (Lipinski definition) is 4. The zero-order chi connectivity index (χ0) is 35.0. The topological polar surface area (TPSA) is 108 Å². The number of likely N-dealkylation sites (N-methyl/N-ethyl adjacent to an activating group) is 1. The second kappa shape index (κ2) is 16.0. The van der Waals surface area contributed by atoms with Gasteiger partial charge >= 0.3 is 0 Å². The minimum atomic E-state index is -0.367. The zero-order valence-corrected chi connectivity index (χ0v) is 29.1. The average Bonchev–Trinajstić information content (AvgIpc) is 3.12. The van der Waals surface area contributed by atoms with Gasteiger partial charge in [0.2, 0.25) is 11.8 Å². The number of nitrogens with two attached hydrogens (primary N) is 2. The average molecular weight is 669 g/mol. The van der Waals surface area contributed by atoms with Gasteiger partial charge in [0.1, 0.15) is 0 Å². The van der Waals surface area contributed by atoms with Gasteiger partial charge in [0.05, 0.1) is 18.5 Å². The fourth-order valence-corrected chi connectivity index (χ4v) is 7.26. The van der Waals surface area contributed by atoms with Crippen molar-refractivity contribution in [2.24, 2.45) is 16.5 Å². The summed E-state index contributed by atoms with van der Waals surface area (Å²) < 4.78 is 0. The molecule has 258 valence electrons. The Morgan fingerprint density at radius 1 is 0.720 bits per heavy atom. The number of benzene rings is 5. The molecule has 1 fully saturated rings. The smallest absolute Gasteiger partial charge is 0.240 e. The molecule has 0 bridgehead atoms. The predicted molar refractivity (Wildman–Crippen MR) is 204 cm³/mol. The van der Waals surface area contributed by atoms with E-state index in [2.05, 4.69) is 76.6 Å². The van der Waals surface area contributed by atoms with Crippen LogP contribution in [0.2, 0.25) is 0 Å². The van der Waals surface area contributed by atoms with E-state index in [0.717, 1.165) is 32.8 Å². The van der Waals surface area contributed by atoms with E-state index in [1.807, 2.05) is 72.4 Å². The first-order valence-electron chi connectivity index (χ1n) is 17.6. The molecule has 8 nitrogen and oxygen atoms in total. The Kier molecular flexibility index (Phi) is 11.1. The predicted octanol–water partition coefficient (Wildman–Crippen LogP) is 5.41. The number of aliphatic imine (C=N–C) groups is 1. The number of fused-ring (bicyclic) bond motifs is 2. The maximum Gasteiger partial charge on any atom is 0.240 e. The van der Waals surface area contributed by atoms with E-state index >= 15 is 0 Å². The third kappa shape index (κ3) is 8.50. The minimum Gasteiger partial charge on any atom is -0.370 e.